The van der Waals surface area contributed by atoms with E-state index in [9.17, 15) is 27.9 Å². The van der Waals surface area contributed by atoms with Gasteiger partial charge in [0.1, 0.15) is 29.1 Å². The average Bonchev–Trinajstić information content (AvgIpc) is 3.01. The lowest BCUT2D eigenvalue weighted by Gasteiger charge is -2.16. The topological polar surface area (TPSA) is 173 Å². The zero-order chi connectivity index (χ0) is 32.8. The Kier molecular flexibility index (Phi) is 13.3. The highest BCUT2D eigenvalue weighted by Gasteiger charge is 2.26. The van der Waals surface area contributed by atoms with E-state index in [1.807, 2.05) is 0 Å². The van der Waals surface area contributed by atoms with Crippen LogP contribution in [-0.2, 0) is 30.8 Å². The van der Waals surface area contributed by atoms with Crippen molar-refractivity contribution in [2.45, 2.75) is 56.9 Å². The number of carbonyl (C=O) groups excluding carboxylic acids is 2. The van der Waals surface area contributed by atoms with Crippen LogP contribution in [0, 0.1) is 5.92 Å². The molecule has 0 aliphatic carbocycles. The second-order valence-electron chi connectivity index (χ2n) is 10.6. The largest absolute Gasteiger partial charge is 0.497 e. The van der Waals surface area contributed by atoms with Gasteiger partial charge in [-0.3, -0.25) is 14.4 Å². The van der Waals surface area contributed by atoms with Crippen molar-refractivity contribution in [3.8, 4) is 11.5 Å². The normalized spacial score (nSPS) is 11.9. The number of anilines is 2. The molecule has 4 N–H and O–H groups in total. The Bertz CT molecular complexity index is 1540. The fourth-order valence-electron chi connectivity index (χ4n) is 4.18. The Morgan fingerprint density at radius 2 is 1.71 bits per heavy atom. The van der Waals surface area contributed by atoms with Crippen LogP contribution in [0.1, 0.15) is 45.1 Å². The Hall–Kier alpha value is -4.49. The van der Waals surface area contributed by atoms with Gasteiger partial charge in [-0.05, 0) is 61.2 Å². The standard InChI is InChI=1S/C32H40N4O8S/c1-22(2)29(37)9-5-10-31(38)35-24-7-4-8-27(20-24)45(41,42)36-28(32(39)40)19-23-11-13-25(14-12-23)44-18-6-16-33-30-21-26(43-3)15-17-34-30/h4,7-8,11-15,17,20-22,28,36H,5-6,9-10,16,18-19H2,1-3H3,(H,33,34)(H,35,38)(H,39,40)/t28-/m0/s1. The van der Waals surface area contributed by atoms with Crippen molar-refractivity contribution in [2.75, 3.05) is 30.9 Å². The van der Waals surface area contributed by atoms with Crippen molar-refractivity contribution in [3.05, 3.63) is 72.4 Å². The van der Waals surface area contributed by atoms with Gasteiger partial charge in [-0.2, -0.15) is 4.72 Å². The Morgan fingerprint density at radius 3 is 2.40 bits per heavy atom. The SMILES string of the molecule is COc1ccnc(NCCCOc2ccc(C[C@H](NS(=O)(=O)c3cccc(NC(=O)CCCC(=O)C(C)C)c3)C(=O)O)cc2)c1. The Labute approximate surface area is 263 Å². The molecule has 0 fully saturated rings. The summed E-state index contributed by atoms with van der Waals surface area (Å²) in [5.41, 5.74) is 0.841. The van der Waals surface area contributed by atoms with Gasteiger partial charge in [-0.15, -0.1) is 0 Å². The first-order valence-corrected chi connectivity index (χ1v) is 16.1. The van der Waals surface area contributed by atoms with Crippen LogP contribution in [0.3, 0.4) is 0 Å². The van der Waals surface area contributed by atoms with Gasteiger partial charge in [0.15, 0.2) is 0 Å². The molecule has 1 aromatic heterocycles. The molecule has 45 heavy (non-hydrogen) atoms. The Morgan fingerprint density at radius 1 is 0.956 bits per heavy atom. The van der Waals surface area contributed by atoms with Gasteiger partial charge in [0, 0.05) is 43.3 Å². The molecule has 12 nitrogen and oxygen atoms in total. The van der Waals surface area contributed by atoms with E-state index in [1.165, 1.54) is 24.3 Å². The lowest BCUT2D eigenvalue weighted by molar-refractivity contribution is -0.139. The monoisotopic (exact) mass is 640 g/mol. The first kappa shape index (κ1) is 35.0. The number of nitrogens with zero attached hydrogens (tertiary/aromatic N) is 1. The molecule has 13 heteroatoms. The molecule has 0 aliphatic rings. The van der Waals surface area contributed by atoms with Crippen LogP contribution in [0.2, 0.25) is 0 Å². The fourth-order valence-corrected chi connectivity index (χ4v) is 5.42. The first-order valence-electron chi connectivity index (χ1n) is 14.6. The van der Waals surface area contributed by atoms with Crippen molar-refractivity contribution in [1.29, 1.82) is 0 Å². The van der Waals surface area contributed by atoms with E-state index in [0.29, 0.717) is 48.9 Å². The number of pyridine rings is 1. The highest BCUT2D eigenvalue weighted by molar-refractivity contribution is 7.89. The molecule has 0 saturated carbocycles. The zero-order valence-corrected chi connectivity index (χ0v) is 26.4. The molecule has 1 amide bonds. The maximum Gasteiger partial charge on any atom is 0.322 e. The molecule has 0 spiro atoms. The van der Waals surface area contributed by atoms with Crippen molar-refractivity contribution in [1.82, 2.24) is 9.71 Å². The molecular formula is C32H40N4O8S. The molecule has 1 atom stereocenters. The van der Waals surface area contributed by atoms with Gasteiger partial charge < -0.3 is 25.2 Å². The average molecular weight is 641 g/mol. The maximum absolute atomic E-state index is 13.1. The van der Waals surface area contributed by atoms with E-state index in [-0.39, 0.29) is 47.5 Å². The van der Waals surface area contributed by atoms with Gasteiger partial charge in [0.05, 0.1) is 18.6 Å². The van der Waals surface area contributed by atoms with Crippen molar-refractivity contribution in [2.24, 2.45) is 5.92 Å². The predicted molar refractivity (Wildman–Crippen MR) is 170 cm³/mol. The van der Waals surface area contributed by atoms with Crippen LogP contribution in [0.25, 0.3) is 0 Å². The van der Waals surface area contributed by atoms with Crippen LogP contribution >= 0.6 is 0 Å². The lowest BCUT2D eigenvalue weighted by Crippen LogP contribution is -2.42. The number of ether oxygens (including phenoxy) is 2. The highest BCUT2D eigenvalue weighted by Crippen LogP contribution is 2.19. The molecule has 0 aliphatic heterocycles. The zero-order valence-electron chi connectivity index (χ0n) is 25.6. The minimum atomic E-state index is -4.24. The summed E-state index contributed by atoms with van der Waals surface area (Å²) >= 11 is 0. The van der Waals surface area contributed by atoms with Gasteiger partial charge >= 0.3 is 5.97 Å². The summed E-state index contributed by atoms with van der Waals surface area (Å²) in [6.45, 7) is 4.67. The number of methoxy groups -OCH3 is 1. The van der Waals surface area contributed by atoms with Crippen LogP contribution < -0.4 is 24.8 Å². The van der Waals surface area contributed by atoms with Crippen LogP contribution in [-0.4, -0.2) is 62.5 Å². The van der Waals surface area contributed by atoms with E-state index in [2.05, 4.69) is 20.3 Å². The fraction of sp³-hybridized carbons (Fsp3) is 0.375. The van der Waals surface area contributed by atoms with E-state index in [4.69, 9.17) is 9.47 Å². The van der Waals surface area contributed by atoms with Crippen molar-refractivity contribution in [3.63, 3.8) is 0 Å². The summed E-state index contributed by atoms with van der Waals surface area (Å²) in [6.07, 6.45) is 3.04. The highest BCUT2D eigenvalue weighted by atomic mass is 32.2. The molecule has 0 radical (unpaired) electrons. The first-order chi connectivity index (χ1) is 21.5. The Balaban J connectivity index is 1.50. The number of carbonyl (C=O) groups is 3. The van der Waals surface area contributed by atoms with Crippen LogP contribution in [0.5, 0.6) is 11.5 Å². The minimum absolute atomic E-state index is 0.0717. The van der Waals surface area contributed by atoms with Gasteiger partial charge in [0.2, 0.25) is 15.9 Å². The number of hydrogen-bond acceptors (Lipinski definition) is 9. The molecule has 3 rings (SSSR count). The number of aromatic nitrogens is 1. The van der Waals surface area contributed by atoms with Gasteiger partial charge in [0.25, 0.3) is 0 Å². The second kappa shape index (κ2) is 17.1. The molecule has 242 valence electrons. The second-order valence-corrected chi connectivity index (χ2v) is 12.3. The quantitative estimate of drug-likeness (QED) is 0.139. The molecule has 1 heterocycles. The maximum atomic E-state index is 13.1. The summed E-state index contributed by atoms with van der Waals surface area (Å²) in [6, 6.07) is 14.4. The minimum Gasteiger partial charge on any atom is -0.497 e. The van der Waals surface area contributed by atoms with E-state index >= 15 is 0 Å². The number of sulfonamides is 1. The number of Topliss-reactive ketones (excluding diaryl/α,β-unsaturated/α-hetero) is 1. The predicted octanol–water partition coefficient (Wildman–Crippen LogP) is 4.28. The molecule has 0 saturated heterocycles. The number of nitrogens with one attached hydrogen (secondary N) is 3. The number of amides is 1. The summed E-state index contributed by atoms with van der Waals surface area (Å²) in [5.74, 6) is 0.284. The third-order valence-corrected chi connectivity index (χ3v) is 8.19. The number of ketones is 1. The van der Waals surface area contributed by atoms with Crippen molar-refractivity contribution < 1.29 is 37.4 Å². The van der Waals surface area contributed by atoms with E-state index in [0.717, 1.165) is 0 Å². The summed E-state index contributed by atoms with van der Waals surface area (Å²) in [4.78, 5) is 40.1. The van der Waals surface area contributed by atoms with Gasteiger partial charge in [-0.25, -0.2) is 13.4 Å². The van der Waals surface area contributed by atoms with Crippen LogP contribution in [0.15, 0.2) is 71.8 Å². The number of hydrogen-bond donors (Lipinski definition) is 4. The van der Waals surface area contributed by atoms with E-state index < -0.39 is 22.0 Å². The number of aliphatic carboxylic acids is 1. The summed E-state index contributed by atoms with van der Waals surface area (Å²) in [7, 11) is -2.65. The molecule has 3 aromatic rings. The van der Waals surface area contributed by atoms with Crippen molar-refractivity contribution >= 4 is 39.2 Å². The molecule has 2 aromatic carbocycles. The molecular weight excluding hydrogens is 600 g/mol. The lowest BCUT2D eigenvalue weighted by atomic mass is 10.0. The summed E-state index contributed by atoms with van der Waals surface area (Å²) < 4.78 is 39.3. The number of rotatable bonds is 19. The smallest absolute Gasteiger partial charge is 0.322 e. The van der Waals surface area contributed by atoms with E-state index in [1.54, 1.807) is 63.6 Å². The summed E-state index contributed by atoms with van der Waals surface area (Å²) in [5, 5.41) is 15.6. The van der Waals surface area contributed by atoms with Crippen LogP contribution in [0.4, 0.5) is 11.5 Å². The third-order valence-electron chi connectivity index (χ3n) is 6.72. The molecule has 0 unspecified atom stereocenters. The number of benzene rings is 2. The third kappa shape index (κ3) is 11.8. The van der Waals surface area contributed by atoms with Gasteiger partial charge in [-0.1, -0.05) is 32.0 Å². The molecule has 0 bridgehead atoms. The number of carboxylic acid groups (broad SMARTS) is 1. The number of carboxylic acids is 1.